The molecule has 2 aromatic carbocycles. The largest absolute Gasteiger partial charge is 0.147 e. The van der Waals surface area contributed by atoms with Gasteiger partial charge in [-0.3, -0.25) is 0 Å². The summed E-state index contributed by atoms with van der Waals surface area (Å²) in [7, 11) is 0. The molecule has 0 unspecified atom stereocenters. The number of hydrogen-bond acceptors (Lipinski definition) is 1. The van der Waals surface area contributed by atoms with Crippen LogP contribution in [0.3, 0.4) is 0 Å². The molecule has 0 heterocycles. The maximum Gasteiger partial charge on any atom is -0.147 e. The normalized spacial score (nSPS) is 14.3. The molecule has 4 heteroatoms. The van der Waals surface area contributed by atoms with E-state index in [4.69, 9.17) is 0 Å². The summed E-state index contributed by atoms with van der Waals surface area (Å²) in [6.07, 6.45) is 1.11. The van der Waals surface area contributed by atoms with Gasteiger partial charge in [-0.2, -0.15) is 0 Å². The number of benzene rings is 2. The van der Waals surface area contributed by atoms with Crippen molar-refractivity contribution in [3.05, 3.63) is 64.2 Å². The Hall–Kier alpha value is -0.566. The molecule has 0 radical (unpaired) electrons. The van der Waals surface area contributed by atoms with Crippen LogP contribution in [0.25, 0.3) is 16.3 Å². The minimum absolute atomic E-state index is 0. The van der Waals surface area contributed by atoms with Gasteiger partial charge in [0.2, 0.25) is 0 Å². The Morgan fingerprint density at radius 3 is 2.19 bits per heavy atom. The second-order valence-corrected chi connectivity index (χ2v) is 9.72. The van der Waals surface area contributed by atoms with E-state index in [9.17, 15) is 0 Å². The summed E-state index contributed by atoms with van der Waals surface area (Å²) in [6.45, 7) is 13.6. The fourth-order valence-corrected chi connectivity index (χ4v) is 5.42. The third-order valence-electron chi connectivity index (χ3n) is 5.19. The van der Waals surface area contributed by atoms with Crippen molar-refractivity contribution >= 4 is 41.2 Å². The van der Waals surface area contributed by atoms with Crippen LogP contribution in [-0.4, -0.2) is 5.54 Å². The van der Waals surface area contributed by atoms with Gasteiger partial charge in [-0.25, -0.2) is 0 Å². The molecule has 1 N–H and O–H groups in total. The van der Waals surface area contributed by atoms with Crippen molar-refractivity contribution in [3.8, 4) is 0 Å². The Labute approximate surface area is 186 Å². The number of rotatable bonds is 4. The van der Waals surface area contributed by atoms with Gasteiger partial charge in [0, 0.05) is 0 Å². The van der Waals surface area contributed by atoms with Crippen LogP contribution < -0.4 is 3.80 Å². The Morgan fingerprint density at radius 2 is 1.59 bits per heavy atom. The first-order valence-electron chi connectivity index (χ1n) is 9.15. The van der Waals surface area contributed by atoms with Crippen LogP contribution in [0.2, 0.25) is 0 Å². The summed E-state index contributed by atoms with van der Waals surface area (Å²) >= 11 is -0.221. The monoisotopic (exact) mass is 439 g/mol. The van der Waals surface area contributed by atoms with E-state index >= 15 is 0 Å². The summed E-state index contributed by atoms with van der Waals surface area (Å²) in [5, 5.41) is 2.79. The molecular weight excluding hydrogens is 409 g/mol. The van der Waals surface area contributed by atoms with Gasteiger partial charge in [0.15, 0.2) is 0 Å². The van der Waals surface area contributed by atoms with Crippen molar-refractivity contribution < 1.29 is 19.4 Å². The fraction of sp³-hybridized carbons (Fsp3) is 0.391. The molecule has 27 heavy (non-hydrogen) atoms. The van der Waals surface area contributed by atoms with Crippen LogP contribution in [0.1, 0.15) is 59.1 Å². The molecule has 0 atom stereocenters. The topological polar surface area (TPSA) is 12.0 Å². The third kappa shape index (κ3) is 5.49. The SMILES string of the molecule is CC1=C(C)C(C)=C(c2ccc3ccccc3c2[CH2][Ti][NH]C(C)(C)C)C1.Cl.Cl. The van der Waals surface area contributed by atoms with E-state index in [-0.39, 0.29) is 49.8 Å². The quantitative estimate of drug-likeness (QED) is 0.501. The molecule has 0 aromatic heterocycles. The van der Waals surface area contributed by atoms with Gasteiger partial charge >= 0.3 is 162 Å². The smallest absolute Gasteiger partial charge is 0.147 e. The van der Waals surface area contributed by atoms with E-state index in [1.807, 2.05) is 0 Å². The van der Waals surface area contributed by atoms with E-state index in [0.29, 0.717) is 0 Å². The van der Waals surface area contributed by atoms with Crippen LogP contribution in [0.5, 0.6) is 0 Å². The van der Waals surface area contributed by atoms with Crippen molar-refractivity contribution in [3.63, 3.8) is 0 Å². The zero-order valence-electron chi connectivity index (χ0n) is 17.2. The zero-order chi connectivity index (χ0) is 18.2. The first-order chi connectivity index (χ1) is 11.8. The first kappa shape index (κ1) is 24.5. The minimum atomic E-state index is -0.221. The molecule has 3 rings (SSSR count). The van der Waals surface area contributed by atoms with Crippen LogP contribution in [0.4, 0.5) is 0 Å². The zero-order valence-corrected chi connectivity index (χ0v) is 20.4. The first-order valence-corrected chi connectivity index (χ1v) is 11.0. The van der Waals surface area contributed by atoms with E-state index < -0.39 is 0 Å². The summed E-state index contributed by atoms with van der Waals surface area (Å²) in [6, 6.07) is 13.5. The summed E-state index contributed by atoms with van der Waals surface area (Å²) in [5.41, 5.74) is 9.27. The van der Waals surface area contributed by atoms with Crippen LogP contribution in [-0.2, 0) is 24.1 Å². The second-order valence-electron chi connectivity index (χ2n) is 8.23. The Morgan fingerprint density at radius 1 is 0.926 bits per heavy atom. The van der Waals surface area contributed by atoms with Crippen LogP contribution in [0.15, 0.2) is 53.1 Å². The van der Waals surface area contributed by atoms with Crippen molar-refractivity contribution in [1.29, 1.82) is 0 Å². The average molecular weight is 440 g/mol. The molecule has 0 amide bonds. The standard InChI is InChI=1S/C19H19.C4H10N.2ClH.Ti/c1-12-11-19(14(3)13(12)2)18-10-9-16-7-5-6-8-17(16)15(18)4;1-4(2,3)5;;;/h5-10H,4,11H2,1-3H3;5H,1-3H3;2*1H;/q;-1;;;+1. The van der Waals surface area contributed by atoms with Crippen molar-refractivity contribution in [1.82, 2.24) is 3.80 Å². The molecule has 1 aliphatic rings. The summed E-state index contributed by atoms with van der Waals surface area (Å²) < 4.78 is 4.96. The summed E-state index contributed by atoms with van der Waals surface area (Å²) in [5.74, 6) is 0. The number of fused-ring (bicyclic) bond motifs is 1. The maximum atomic E-state index is 3.78. The number of hydrogen-bond donors (Lipinski definition) is 1. The Bertz CT molecular complexity index is 876. The van der Waals surface area contributed by atoms with Gasteiger partial charge in [-0.1, -0.05) is 0 Å². The molecule has 0 saturated carbocycles. The van der Waals surface area contributed by atoms with E-state index in [2.05, 4.69) is 81.7 Å². The van der Waals surface area contributed by atoms with Gasteiger partial charge in [-0.05, 0) is 0 Å². The van der Waals surface area contributed by atoms with Gasteiger partial charge in [-0.15, -0.1) is 24.8 Å². The van der Waals surface area contributed by atoms with Gasteiger partial charge in [0.25, 0.3) is 0 Å². The molecule has 0 saturated heterocycles. The predicted octanol–water partition coefficient (Wildman–Crippen LogP) is 7.08. The third-order valence-corrected chi connectivity index (χ3v) is 7.47. The Balaban J connectivity index is 0.00000182. The predicted molar refractivity (Wildman–Crippen MR) is 121 cm³/mol. The average Bonchev–Trinajstić information content (AvgIpc) is 2.81. The van der Waals surface area contributed by atoms with Crippen LogP contribution >= 0.6 is 24.8 Å². The van der Waals surface area contributed by atoms with E-state index in [0.717, 1.165) is 6.42 Å². The van der Waals surface area contributed by atoms with Gasteiger partial charge in [0.05, 0.1) is 0 Å². The molecular formula is C23H31Cl2NTi. The maximum absolute atomic E-state index is 3.78. The molecule has 0 aliphatic heterocycles. The summed E-state index contributed by atoms with van der Waals surface area (Å²) in [4.78, 5) is 0. The van der Waals surface area contributed by atoms with E-state index in [1.54, 1.807) is 5.56 Å². The molecule has 1 aliphatic carbocycles. The number of nitrogens with one attached hydrogen (secondary N) is 1. The van der Waals surface area contributed by atoms with Gasteiger partial charge < -0.3 is 0 Å². The van der Waals surface area contributed by atoms with Crippen molar-refractivity contribution in [2.24, 2.45) is 0 Å². The van der Waals surface area contributed by atoms with E-state index in [1.165, 1.54) is 43.4 Å². The Kier molecular flexibility index (Phi) is 8.85. The minimum Gasteiger partial charge on any atom is -0.147 e. The van der Waals surface area contributed by atoms with Crippen LogP contribution in [0, 0.1) is 0 Å². The number of halogens is 2. The van der Waals surface area contributed by atoms with Crippen molar-refractivity contribution in [2.45, 2.75) is 58.2 Å². The number of allylic oxidation sites excluding steroid dienone is 4. The molecule has 0 fully saturated rings. The molecule has 146 valence electrons. The molecule has 1 nitrogen and oxygen atoms in total. The second kappa shape index (κ2) is 9.76. The molecule has 0 bridgehead atoms. The molecule has 0 spiro atoms. The van der Waals surface area contributed by atoms with Crippen molar-refractivity contribution in [2.75, 3.05) is 0 Å². The molecule has 2 aromatic rings. The van der Waals surface area contributed by atoms with Gasteiger partial charge in [0.1, 0.15) is 0 Å². The fourth-order valence-electron chi connectivity index (χ4n) is 3.58.